The Labute approximate surface area is 184 Å². The van der Waals surface area contributed by atoms with Crippen LogP contribution in [0.3, 0.4) is 0 Å². The van der Waals surface area contributed by atoms with E-state index in [1.54, 1.807) is 23.0 Å². The van der Waals surface area contributed by atoms with Crippen LogP contribution in [-0.4, -0.2) is 42.2 Å². The molecule has 30 heavy (non-hydrogen) atoms. The molecule has 1 saturated heterocycles. The van der Waals surface area contributed by atoms with Gasteiger partial charge in [0.2, 0.25) is 0 Å². The number of halogens is 1. The summed E-state index contributed by atoms with van der Waals surface area (Å²) in [7, 11) is 1.75. The maximum absolute atomic E-state index is 11.9. The number of nitrogens with zero attached hydrogens (tertiary/aromatic N) is 3. The molecular weight excluding hydrogens is 418 g/mol. The van der Waals surface area contributed by atoms with Crippen molar-refractivity contribution < 1.29 is 4.42 Å². The third-order valence-electron chi connectivity index (χ3n) is 6.05. The van der Waals surface area contributed by atoms with E-state index in [0.717, 1.165) is 61.8 Å². The van der Waals surface area contributed by atoms with Gasteiger partial charge in [0.05, 0.1) is 11.2 Å². The van der Waals surface area contributed by atoms with Gasteiger partial charge in [-0.2, -0.15) is 0 Å². The van der Waals surface area contributed by atoms with E-state index in [4.69, 9.17) is 16.0 Å². The first kappa shape index (κ1) is 19.7. The summed E-state index contributed by atoms with van der Waals surface area (Å²) in [5.41, 5.74) is 3.97. The monoisotopic (exact) mass is 441 g/mol. The maximum Gasteiger partial charge on any atom is 0.419 e. The standard InChI is InChI=1S/C23H24ClN3O2S/c1-25-19-5-2-6-20(22(19)29-23(25)28)27-12-10-26(11-13-27)9-3-4-16-15-30-21-8-7-17(24)14-18(16)21/h2,5-8,14-15H,3-4,9-13H2,1H3. The number of aromatic nitrogens is 1. The molecule has 1 fully saturated rings. The van der Waals surface area contributed by atoms with E-state index >= 15 is 0 Å². The molecule has 7 heteroatoms. The van der Waals surface area contributed by atoms with Crippen molar-refractivity contribution in [1.82, 2.24) is 9.47 Å². The smallest absolute Gasteiger partial charge is 0.405 e. The van der Waals surface area contributed by atoms with Crippen LogP contribution in [0.2, 0.25) is 5.02 Å². The molecule has 0 saturated carbocycles. The van der Waals surface area contributed by atoms with Gasteiger partial charge in [0, 0.05) is 42.9 Å². The molecule has 0 bridgehead atoms. The number of benzene rings is 2. The van der Waals surface area contributed by atoms with E-state index < -0.39 is 0 Å². The zero-order valence-electron chi connectivity index (χ0n) is 16.9. The zero-order valence-corrected chi connectivity index (χ0v) is 18.5. The molecule has 0 amide bonds. The minimum Gasteiger partial charge on any atom is -0.405 e. The SMILES string of the molecule is Cn1c(=O)oc2c(N3CCN(CCCc4csc5ccc(Cl)cc45)CC3)cccc21. The Morgan fingerprint density at radius 3 is 2.80 bits per heavy atom. The molecule has 0 N–H and O–H groups in total. The number of aryl methyl sites for hydroxylation is 2. The van der Waals surface area contributed by atoms with Crippen molar-refractivity contribution in [3.63, 3.8) is 0 Å². The Morgan fingerprint density at radius 2 is 1.97 bits per heavy atom. The van der Waals surface area contributed by atoms with Crippen LogP contribution in [0.5, 0.6) is 0 Å². The lowest BCUT2D eigenvalue weighted by molar-refractivity contribution is 0.255. The van der Waals surface area contributed by atoms with Crippen LogP contribution in [-0.2, 0) is 13.5 Å². The van der Waals surface area contributed by atoms with Gasteiger partial charge in [-0.05, 0) is 66.0 Å². The van der Waals surface area contributed by atoms with Crippen molar-refractivity contribution in [2.75, 3.05) is 37.6 Å². The number of oxazole rings is 1. The van der Waals surface area contributed by atoms with Gasteiger partial charge >= 0.3 is 5.76 Å². The quantitative estimate of drug-likeness (QED) is 0.448. The number of hydrogen-bond acceptors (Lipinski definition) is 5. The molecule has 2 aromatic heterocycles. The minimum absolute atomic E-state index is 0.307. The molecule has 0 unspecified atom stereocenters. The molecule has 3 heterocycles. The van der Waals surface area contributed by atoms with Crippen molar-refractivity contribution in [2.45, 2.75) is 12.8 Å². The summed E-state index contributed by atoms with van der Waals surface area (Å²) in [4.78, 5) is 16.8. The van der Waals surface area contributed by atoms with Gasteiger partial charge in [-0.3, -0.25) is 9.47 Å². The molecule has 0 aliphatic carbocycles. The van der Waals surface area contributed by atoms with Crippen LogP contribution in [0.25, 0.3) is 21.2 Å². The normalized spacial score (nSPS) is 15.5. The zero-order chi connectivity index (χ0) is 20.7. The maximum atomic E-state index is 11.9. The molecule has 2 aromatic carbocycles. The number of hydrogen-bond donors (Lipinski definition) is 0. The summed E-state index contributed by atoms with van der Waals surface area (Å²) in [6, 6.07) is 12.1. The summed E-state index contributed by atoms with van der Waals surface area (Å²) >= 11 is 7.98. The fraction of sp³-hybridized carbons (Fsp3) is 0.348. The number of thiophene rings is 1. The number of para-hydroxylation sites is 1. The van der Waals surface area contributed by atoms with E-state index in [1.165, 1.54) is 15.6 Å². The first-order chi connectivity index (χ1) is 14.6. The Hall–Kier alpha value is -2.28. The highest BCUT2D eigenvalue weighted by Gasteiger charge is 2.21. The molecule has 0 radical (unpaired) electrons. The van der Waals surface area contributed by atoms with E-state index in [2.05, 4.69) is 27.3 Å². The minimum atomic E-state index is -0.307. The Balaban J connectivity index is 1.19. The second-order valence-corrected chi connectivity index (χ2v) is 9.23. The van der Waals surface area contributed by atoms with E-state index in [1.807, 2.05) is 24.3 Å². The largest absolute Gasteiger partial charge is 0.419 e. The second kappa shape index (κ2) is 8.10. The average molecular weight is 442 g/mol. The number of fused-ring (bicyclic) bond motifs is 2. The van der Waals surface area contributed by atoms with Gasteiger partial charge < -0.3 is 9.32 Å². The van der Waals surface area contributed by atoms with Crippen molar-refractivity contribution in [3.8, 4) is 0 Å². The van der Waals surface area contributed by atoms with Gasteiger partial charge in [0.1, 0.15) is 0 Å². The highest BCUT2D eigenvalue weighted by molar-refractivity contribution is 7.17. The van der Waals surface area contributed by atoms with Gasteiger partial charge in [-0.15, -0.1) is 11.3 Å². The third kappa shape index (κ3) is 3.64. The van der Waals surface area contributed by atoms with Crippen LogP contribution in [0, 0.1) is 0 Å². The highest BCUT2D eigenvalue weighted by atomic mass is 35.5. The van der Waals surface area contributed by atoms with Crippen LogP contribution in [0.1, 0.15) is 12.0 Å². The molecule has 5 rings (SSSR count). The fourth-order valence-electron chi connectivity index (χ4n) is 4.34. The number of piperazine rings is 1. The van der Waals surface area contributed by atoms with Gasteiger partial charge in [0.25, 0.3) is 0 Å². The molecule has 156 valence electrons. The third-order valence-corrected chi connectivity index (χ3v) is 7.29. The van der Waals surface area contributed by atoms with Crippen molar-refractivity contribution >= 4 is 49.8 Å². The summed E-state index contributed by atoms with van der Waals surface area (Å²) in [6.07, 6.45) is 2.22. The number of rotatable bonds is 5. The molecular formula is C23H24ClN3O2S. The number of anilines is 1. The summed E-state index contributed by atoms with van der Waals surface area (Å²) in [5, 5.41) is 4.38. The van der Waals surface area contributed by atoms with Crippen LogP contribution in [0.15, 0.2) is 51.0 Å². The predicted molar refractivity (Wildman–Crippen MR) is 125 cm³/mol. The lowest BCUT2D eigenvalue weighted by atomic mass is 10.1. The fourth-order valence-corrected chi connectivity index (χ4v) is 5.49. The predicted octanol–water partition coefficient (Wildman–Crippen LogP) is 4.75. The van der Waals surface area contributed by atoms with E-state index in [9.17, 15) is 4.79 Å². The first-order valence-electron chi connectivity index (χ1n) is 10.3. The van der Waals surface area contributed by atoms with Crippen LogP contribution >= 0.6 is 22.9 Å². The molecule has 0 atom stereocenters. The van der Waals surface area contributed by atoms with Gasteiger partial charge in [0.15, 0.2) is 5.58 Å². The Kier molecular flexibility index (Phi) is 5.31. The van der Waals surface area contributed by atoms with Gasteiger partial charge in [-0.1, -0.05) is 17.7 Å². The molecule has 5 nitrogen and oxygen atoms in total. The average Bonchev–Trinajstić information content (AvgIpc) is 3.29. The molecule has 1 aliphatic heterocycles. The Bertz CT molecular complexity index is 1250. The molecule has 1 aliphatic rings. The summed E-state index contributed by atoms with van der Waals surface area (Å²) in [5.74, 6) is -0.307. The lowest BCUT2D eigenvalue weighted by Crippen LogP contribution is -2.46. The first-order valence-corrected chi connectivity index (χ1v) is 11.6. The van der Waals surface area contributed by atoms with E-state index in [-0.39, 0.29) is 5.76 Å². The molecule has 4 aromatic rings. The van der Waals surface area contributed by atoms with Crippen LogP contribution in [0.4, 0.5) is 5.69 Å². The topological polar surface area (TPSA) is 41.6 Å². The summed E-state index contributed by atoms with van der Waals surface area (Å²) < 4.78 is 8.38. The van der Waals surface area contributed by atoms with E-state index in [0.29, 0.717) is 5.58 Å². The van der Waals surface area contributed by atoms with Crippen molar-refractivity contribution in [3.05, 3.63) is 62.9 Å². The van der Waals surface area contributed by atoms with Crippen molar-refractivity contribution in [1.29, 1.82) is 0 Å². The lowest BCUT2D eigenvalue weighted by Gasteiger charge is -2.36. The van der Waals surface area contributed by atoms with Crippen molar-refractivity contribution in [2.24, 2.45) is 7.05 Å². The van der Waals surface area contributed by atoms with Gasteiger partial charge in [-0.25, -0.2) is 4.79 Å². The second-order valence-electron chi connectivity index (χ2n) is 7.89. The summed E-state index contributed by atoms with van der Waals surface area (Å²) in [6.45, 7) is 5.01. The molecule has 0 spiro atoms. The Morgan fingerprint density at radius 1 is 1.13 bits per heavy atom. The van der Waals surface area contributed by atoms with Crippen LogP contribution < -0.4 is 10.7 Å². The highest BCUT2D eigenvalue weighted by Crippen LogP contribution is 2.30.